The summed E-state index contributed by atoms with van der Waals surface area (Å²) >= 11 is 5.09. The maximum absolute atomic E-state index is 4.54. The van der Waals surface area contributed by atoms with Gasteiger partial charge in [-0.1, -0.05) is 27.7 Å². The Morgan fingerprint density at radius 2 is 2.15 bits per heavy atom. The van der Waals surface area contributed by atoms with Crippen molar-refractivity contribution in [1.82, 2.24) is 25.1 Å². The van der Waals surface area contributed by atoms with Crippen LogP contribution >= 0.6 is 27.7 Å². The summed E-state index contributed by atoms with van der Waals surface area (Å²) in [5, 5.41) is 10.3. The molecule has 1 N–H and O–H groups in total. The van der Waals surface area contributed by atoms with Crippen LogP contribution in [0.1, 0.15) is 0 Å². The van der Waals surface area contributed by atoms with Crippen molar-refractivity contribution in [3.63, 3.8) is 0 Å². The van der Waals surface area contributed by atoms with Gasteiger partial charge in [0.25, 0.3) is 0 Å². The molecule has 0 saturated heterocycles. The van der Waals surface area contributed by atoms with Gasteiger partial charge in [-0.05, 0) is 32.3 Å². The number of benzene rings is 1. The smallest absolute Gasteiger partial charge is 0.211 e. The third-order valence-electron chi connectivity index (χ3n) is 2.93. The Balaban J connectivity index is 1.93. The molecule has 0 aliphatic heterocycles. The number of hydrogen-bond donors (Lipinski definition) is 1. The van der Waals surface area contributed by atoms with E-state index in [-0.39, 0.29) is 0 Å². The topological polar surface area (TPSA) is 57.7 Å². The van der Waals surface area contributed by atoms with Crippen molar-refractivity contribution in [2.75, 3.05) is 26.4 Å². The average molecular weight is 352 g/mol. The van der Waals surface area contributed by atoms with Gasteiger partial charge in [0.2, 0.25) is 5.16 Å². The molecule has 104 valence electrons. The maximum Gasteiger partial charge on any atom is 0.211 e. The molecule has 0 aliphatic carbocycles. The highest BCUT2D eigenvalue weighted by Crippen LogP contribution is 2.26. The Kier molecular flexibility index (Phi) is 3.91. The third-order valence-corrected chi connectivity index (χ3v) is 4.24. The molecule has 2 aromatic heterocycles. The van der Waals surface area contributed by atoms with Crippen molar-refractivity contribution in [1.29, 1.82) is 0 Å². The van der Waals surface area contributed by atoms with Crippen LogP contribution < -0.4 is 0 Å². The fraction of sp³-hybridized carbons (Fsp3) is 0.308. The van der Waals surface area contributed by atoms with Crippen LogP contribution in [0.15, 0.2) is 27.8 Å². The molecule has 5 nitrogen and oxygen atoms in total. The lowest BCUT2D eigenvalue weighted by atomic mass is 10.2. The van der Waals surface area contributed by atoms with Gasteiger partial charge in [-0.15, -0.1) is 10.2 Å². The van der Waals surface area contributed by atoms with Crippen LogP contribution in [0, 0.1) is 0 Å². The summed E-state index contributed by atoms with van der Waals surface area (Å²) < 4.78 is 1.03. The molecule has 0 atom stereocenters. The zero-order valence-electron chi connectivity index (χ0n) is 11.2. The molecule has 7 heteroatoms. The van der Waals surface area contributed by atoms with Crippen molar-refractivity contribution < 1.29 is 0 Å². The highest BCUT2D eigenvalue weighted by atomic mass is 79.9. The van der Waals surface area contributed by atoms with Gasteiger partial charge in [0, 0.05) is 27.7 Å². The lowest BCUT2D eigenvalue weighted by Crippen LogP contribution is -2.14. The minimum Gasteiger partial charge on any atom is -0.338 e. The van der Waals surface area contributed by atoms with Gasteiger partial charge in [-0.3, -0.25) is 0 Å². The zero-order chi connectivity index (χ0) is 14.1. The molecule has 0 bridgehead atoms. The number of nitrogens with one attached hydrogen (secondary N) is 1. The van der Waals surface area contributed by atoms with Crippen molar-refractivity contribution in [3.05, 3.63) is 22.7 Å². The van der Waals surface area contributed by atoms with E-state index < -0.39 is 0 Å². The first-order valence-corrected chi connectivity index (χ1v) is 8.00. The van der Waals surface area contributed by atoms with E-state index in [2.05, 4.69) is 55.1 Å². The molecular weight excluding hydrogens is 338 g/mol. The molecule has 1 aromatic carbocycles. The summed E-state index contributed by atoms with van der Waals surface area (Å²) in [6.45, 7) is 0.992. The number of fused-ring (bicyclic) bond motifs is 3. The molecule has 20 heavy (non-hydrogen) atoms. The summed E-state index contributed by atoms with van der Waals surface area (Å²) in [7, 11) is 4.11. The number of halogens is 1. The number of aromatic amines is 1. The van der Waals surface area contributed by atoms with E-state index in [0.717, 1.165) is 38.8 Å². The minimum atomic E-state index is 0.713. The number of H-pyrrole nitrogens is 1. The second-order valence-corrected chi connectivity index (χ2v) is 6.74. The van der Waals surface area contributed by atoms with Crippen molar-refractivity contribution in [2.24, 2.45) is 0 Å². The van der Waals surface area contributed by atoms with E-state index in [9.17, 15) is 0 Å². The number of hydrogen-bond acceptors (Lipinski definition) is 5. The molecule has 0 spiro atoms. The second-order valence-electron chi connectivity index (χ2n) is 4.76. The molecule has 0 amide bonds. The Bertz CT molecular complexity index is 755. The quantitative estimate of drug-likeness (QED) is 0.732. The first-order valence-electron chi connectivity index (χ1n) is 6.22. The first kappa shape index (κ1) is 13.8. The minimum absolute atomic E-state index is 0.713. The first-order chi connectivity index (χ1) is 9.63. The van der Waals surface area contributed by atoms with E-state index >= 15 is 0 Å². The molecule has 0 aliphatic rings. The lowest BCUT2D eigenvalue weighted by molar-refractivity contribution is 0.437. The predicted octanol–water partition coefficient (Wildman–Crippen LogP) is 2.92. The molecule has 2 heterocycles. The van der Waals surface area contributed by atoms with Crippen LogP contribution in [-0.2, 0) is 0 Å². The van der Waals surface area contributed by atoms with Crippen LogP contribution in [-0.4, -0.2) is 51.5 Å². The summed E-state index contributed by atoms with van der Waals surface area (Å²) in [5.74, 6) is 0.950. The Hall–Kier alpha value is -1.18. The molecule has 0 fully saturated rings. The van der Waals surface area contributed by atoms with Gasteiger partial charge in [0.15, 0.2) is 5.65 Å². The van der Waals surface area contributed by atoms with Gasteiger partial charge < -0.3 is 9.88 Å². The van der Waals surface area contributed by atoms with E-state index in [1.165, 1.54) is 0 Å². The summed E-state index contributed by atoms with van der Waals surface area (Å²) in [5.41, 5.74) is 2.64. The van der Waals surface area contributed by atoms with E-state index in [4.69, 9.17) is 0 Å². The van der Waals surface area contributed by atoms with Crippen LogP contribution in [0.5, 0.6) is 0 Å². The van der Waals surface area contributed by atoms with Crippen LogP contribution in [0.25, 0.3) is 22.1 Å². The van der Waals surface area contributed by atoms with Crippen molar-refractivity contribution in [3.8, 4) is 0 Å². The fourth-order valence-electron chi connectivity index (χ4n) is 1.91. The third kappa shape index (κ3) is 2.79. The largest absolute Gasteiger partial charge is 0.338 e. The van der Waals surface area contributed by atoms with Gasteiger partial charge in [-0.2, -0.15) is 0 Å². The van der Waals surface area contributed by atoms with Gasteiger partial charge >= 0.3 is 0 Å². The molecule has 0 saturated carbocycles. The molecule has 0 radical (unpaired) electrons. The predicted molar refractivity (Wildman–Crippen MR) is 86.2 cm³/mol. The average Bonchev–Trinajstić information content (AvgIpc) is 2.75. The Morgan fingerprint density at radius 1 is 1.30 bits per heavy atom. The van der Waals surface area contributed by atoms with Crippen molar-refractivity contribution >= 4 is 49.8 Å². The summed E-state index contributed by atoms with van der Waals surface area (Å²) in [6.07, 6.45) is 0. The van der Waals surface area contributed by atoms with Crippen LogP contribution in [0.3, 0.4) is 0 Å². The number of aromatic nitrogens is 4. The molecular formula is C13H14BrN5S. The normalized spacial score (nSPS) is 11.8. The second kappa shape index (κ2) is 5.67. The van der Waals surface area contributed by atoms with Gasteiger partial charge in [0.1, 0.15) is 5.52 Å². The standard InChI is InChI=1S/C13H14BrN5S/c1-19(2)5-6-20-13-16-12-11(17-18-13)9-7-8(14)3-4-10(9)15-12/h3-4,7H,5-6H2,1-2H3,(H,15,16,18). The SMILES string of the molecule is CN(C)CCSc1nnc2c(n1)[nH]c1ccc(Br)cc12. The number of nitrogens with zero attached hydrogens (tertiary/aromatic N) is 4. The number of thioether (sulfide) groups is 1. The Morgan fingerprint density at radius 3 is 2.95 bits per heavy atom. The maximum atomic E-state index is 4.54. The molecule has 3 aromatic rings. The van der Waals surface area contributed by atoms with Gasteiger partial charge in [0.05, 0.1) is 0 Å². The summed E-state index contributed by atoms with van der Waals surface area (Å²) in [4.78, 5) is 9.96. The van der Waals surface area contributed by atoms with E-state index in [1.807, 2.05) is 18.2 Å². The van der Waals surface area contributed by atoms with Crippen LogP contribution in [0.2, 0.25) is 0 Å². The number of rotatable bonds is 4. The Labute approximate surface area is 129 Å². The van der Waals surface area contributed by atoms with Gasteiger partial charge in [-0.25, -0.2) is 4.98 Å². The molecule has 3 rings (SSSR count). The highest BCUT2D eigenvalue weighted by molar-refractivity contribution is 9.10. The monoisotopic (exact) mass is 351 g/mol. The zero-order valence-corrected chi connectivity index (χ0v) is 13.6. The van der Waals surface area contributed by atoms with E-state index in [0.29, 0.717) is 5.16 Å². The lowest BCUT2D eigenvalue weighted by Gasteiger charge is -2.07. The fourth-order valence-corrected chi connectivity index (χ4v) is 3.16. The summed E-state index contributed by atoms with van der Waals surface area (Å²) in [6, 6.07) is 6.04. The van der Waals surface area contributed by atoms with Crippen LogP contribution in [0.4, 0.5) is 0 Å². The highest BCUT2D eigenvalue weighted by Gasteiger charge is 2.09. The van der Waals surface area contributed by atoms with E-state index in [1.54, 1.807) is 11.8 Å². The van der Waals surface area contributed by atoms with Crippen molar-refractivity contribution in [2.45, 2.75) is 5.16 Å². The molecule has 0 unspecified atom stereocenters.